The Morgan fingerprint density at radius 2 is 2.08 bits per heavy atom. The van der Waals surface area contributed by atoms with Crippen LogP contribution in [0.5, 0.6) is 0 Å². The molecule has 3 aromatic rings. The van der Waals surface area contributed by atoms with Gasteiger partial charge in [-0.2, -0.15) is 0 Å². The Bertz CT molecular complexity index is 978. The van der Waals surface area contributed by atoms with Gasteiger partial charge in [-0.05, 0) is 55.3 Å². The quantitative estimate of drug-likeness (QED) is 0.636. The first kappa shape index (κ1) is 16.1. The summed E-state index contributed by atoms with van der Waals surface area (Å²) in [5, 5.41) is 3.15. The summed E-state index contributed by atoms with van der Waals surface area (Å²) in [6.45, 7) is 4.12. The molecule has 4 nitrogen and oxygen atoms in total. The molecule has 5 rings (SSSR count). The number of likely N-dealkylation sites (tertiary alicyclic amines) is 1. The van der Waals surface area contributed by atoms with Gasteiger partial charge in [-0.15, -0.1) is 11.3 Å². The maximum atomic E-state index is 13.1. The third-order valence-electron chi connectivity index (χ3n) is 5.67. The van der Waals surface area contributed by atoms with Crippen LogP contribution in [0.25, 0.3) is 11.0 Å². The Labute approximate surface area is 156 Å². The van der Waals surface area contributed by atoms with Crippen molar-refractivity contribution in [1.29, 1.82) is 0 Å². The summed E-state index contributed by atoms with van der Waals surface area (Å²) in [4.78, 5) is 16.4. The van der Waals surface area contributed by atoms with E-state index in [-0.39, 0.29) is 11.5 Å². The average Bonchev–Trinajstić information content (AvgIpc) is 3.28. The van der Waals surface area contributed by atoms with E-state index >= 15 is 0 Å². The Kier molecular flexibility index (Phi) is 3.69. The number of furan rings is 1. The SMILES string of the molecule is Cc1cc2cccc(C(=O)N3CCC4(CC3)OCCc3ccsc34)c2o1. The molecule has 0 unspecified atom stereocenters. The van der Waals surface area contributed by atoms with Crippen LogP contribution in [-0.2, 0) is 16.8 Å². The summed E-state index contributed by atoms with van der Waals surface area (Å²) < 4.78 is 12.0. The van der Waals surface area contributed by atoms with Gasteiger partial charge in [0.25, 0.3) is 5.91 Å². The molecule has 2 aliphatic heterocycles. The number of nitrogens with zero attached hydrogens (tertiary/aromatic N) is 1. The van der Waals surface area contributed by atoms with Crippen LogP contribution in [0, 0.1) is 6.92 Å². The minimum absolute atomic E-state index is 0.0574. The third-order valence-corrected chi connectivity index (χ3v) is 6.81. The standard InChI is InChI=1S/C21H21NO3S/c1-14-13-16-3-2-4-17(18(16)25-14)20(23)22-9-7-21(8-10-22)19-15(5-11-24-21)6-12-26-19/h2-4,6,12-13H,5,7-11H2,1H3. The van der Waals surface area contributed by atoms with Crippen LogP contribution in [0.3, 0.4) is 0 Å². The fourth-order valence-corrected chi connectivity index (χ4v) is 5.50. The molecule has 0 atom stereocenters. The molecule has 0 N–H and O–H groups in total. The molecule has 1 saturated heterocycles. The van der Waals surface area contributed by atoms with Gasteiger partial charge < -0.3 is 14.1 Å². The average molecular weight is 367 g/mol. The largest absolute Gasteiger partial charge is 0.461 e. The molecular formula is C21H21NO3S. The topological polar surface area (TPSA) is 42.7 Å². The number of hydrogen-bond donors (Lipinski definition) is 0. The van der Waals surface area contributed by atoms with Gasteiger partial charge in [-0.3, -0.25) is 4.79 Å². The zero-order valence-corrected chi connectivity index (χ0v) is 15.6. The number of carbonyl (C=O) groups is 1. The molecule has 4 heterocycles. The Morgan fingerprint density at radius 1 is 1.23 bits per heavy atom. The number of piperidine rings is 1. The first-order valence-electron chi connectivity index (χ1n) is 9.16. The summed E-state index contributed by atoms with van der Waals surface area (Å²) >= 11 is 1.80. The number of thiophene rings is 1. The van der Waals surface area contributed by atoms with E-state index < -0.39 is 0 Å². The number of rotatable bonds is 1. The summed E-state index contributed by atoms with van der Waals surface area (Å²) in [5.41, 5.74) is 2.60. The normalized spacial score (nSPS) is 19.0. The van der Waals surface area contributed by atoms with Gasteiger partial charge >= 0.3 is 0 Å². The van der Waals surface area contributed by atoms with E-state index in [2.05, 4.69) is 11.4 Å². The molecule has 26 heavy (non-hydrogen) atoms. The van der Waals surface area contributed by atoms with Gasteiger partial charge in [0.05, 0.1) is 12.2 Å². The van der Waals surface area contributed by atoms with Crippen molar-refractivity contribution in [3.63, 3.8) is 0 Å². The molecule has 1 spiro atoms. The Morgan fingerprint density at radius 3 is 2.92 bits per heavy atom. The number of aryl methyl sites for hydroxylation is 1. The highest BCUT2D eigenvalue weighted by Crippen LogP contribution is 2.44. The van der Waals surface area contributed by atoms with Crippen LogP contribution in [0.1, 0.15) is 39.4 Å². The molecule has 0 radical (unpaired) electrons. The van der Waals surface area contributed by atoms with Gasteiger partial charge in [0.2, 0.25) is 0 Å². The molecule has 0 saturated carbocycles. The fourth-order valence-electron chi connectivity index (χ4n) is 4.33. The second kappa shape index (κ2) is 5.96. The van der Waals surface area contributed by atoms with Crippen molar-refractivity contribution in [3.8, 4) is 0 Å². The van der Waals surface area contributed by atoms with Crippen molar-refractivity contribution in [1.82, 2.24) is 4.90 Å². The lowest BCUT2D eigenvalue weighted by molar-refractivity contribution is -0.0906. The van der Waals surface area contributed by atoms with E-state index in [0.29, 0.717) is 24.2 Å². The second-order valence-electron chi connectivity index (χ2n) is 7.24. The monoisotopic (exact) mass is 367 g/mol. The Hall–Kier alpha value is -2.11. The van der Waals surface area contributed by atoms with Crippen molar-refractivity contribution in [2.75, 3.05) is 19.7 Å². The van der Waals surface area contributed by atoms with Crippen molar-refractivity contribution >= 4 is 28.2 Å². The molecule has 0 bridgehead atoms. The zero-order valence-electron chi connectivity index (χ0n) is 14.8. The summed E-state index contributed by atoms with van der Waals surface area (Å²) in [5.74, 6) is 0.890. The van der Waals surface area contributed by atoms with Gasteiger partial charge in [-0.1, -0.05) is 12.1 Å². The van der Waals surface area contributed by atoms with E-state index in [0.717, 1.165) is 37.0 Å². The van der Waals surface area contributed by atoms with E-state index in [1.165, 1.54) is 10.4 Å². The van der Waals surface area contributed by atoms with Crippen molar-refractivity contribution in [2.45, 2.75) is 31.8 Å². The molecule has 1 aromatic carbocycles. The molecule has 0 aliphatic carbocycles. The van der Waals surface area contributed by atoms with Crippen LogP contribution < -0.4 is 0 Å². The fraction of sp³-hybridized carbons (Fsp3) is 0.381. The van der Waals surface area contributed by atoms with Crippen LogP contribution in [0.2, 0.25) is 0 Å². The third kappa shape index (κ3) is 2.42. The molecule has 1 amide bonds. The number of para-hydroxylation sites is 1. The first-order chi connectivity index (χ1) is 12.7. The predicted molar refractivity (Wildman–Crippen MR) is 102 cm³/mol. The van der Waals surface area contributed by atoms with Crippen molar-refractivity contribution < 1.29 is 13.9 Å². The maximum absolute atomic E-state index is 13.1. The smallest absolute Gasteiger partial charge is 0.257 e. The van der Waals surface area contributed by atoms with Crippen LogP contribution in [0.4, 0.5) is 0 Å². The maximum Gasteiger partial charge on any atom is 0.257 e. The number of ether oxygens (including phenoxy) is 1. The highest BCUT2D eigenvalue weighted by molar-refractivity contribution is 7.10. The molecule has 5 heteroatoms. The van der Waals surface area contributed by atoms with Crippen molar-refractivity contribution in [3.05, 3.63) is 57.5 Å². The van der Waals surface area contributed by atoms with Crippen molar-refractivity contribution in [2.24, 2.45) is 0 Å². The summed E-state index contributed by atoms with van der Waals surface area (Å²) in [6, 6.07) is 9.99. The summed E-state index contributed by atoms with van der Waals surface area (Å²) in [6.07, 6.45) is 2.72. The minimum atomic E-state index is -0.189. The zero-order chi connectivity index (χ0) is 17.7. The number of hydrogen-bond acceptors (Lipinski definition) is 4. The van der Waals surface area contributed by atoms with E-state index in [1.54, 1.807) is 11.3 Å². The number of benzene rings is 1. The lowest BCUT2D eigenvalue weighted by Crippen LogP contribution is -2.47. The van der Waals surface area contributed by atoms with Crippen LogP contribution in [-0.4, -0.2) is 30.5 Å². The highest BCUT2D eigenvalue weighted by atomic mass is 32.1. The molecular weight excluding hydrogens is 346 g/mol. The number of amides is 1. The predicted octanol–water partition coefficient (Wildman–Crippen LogP) is 4.51. The number of carbonyl (C=O) groups excluding carboxylic acids is 1. The second-order valence-corrected chi connectivity index (χ2v) is 8.16. The molecule has 2 aromatic heterocycles. The Balaban J connectivity index is 1.40. The lowest BCUT2D eigenvalue weighted by Gasteiger charge is -2.43. The van der Waals surface area contributed by atoms with Crippen LogP contribution >= 0.6 is 11.3 Å². The highest BCUT2D eigenvalue weighted by Gasteiger charge is 2.42. The van der Waals surface area contributed by atoms with E-state index in [9.17, 15) is 4.79 Å². The molecule has 134 valence electrons. The molecule has 1 fully saturated rings. The van der Waals surface area contributed by atoms with Gasteiger partial charge in [-0.25, -0.2) is 0 Å². The van der Waals surface area contributed by atoms with Gasteiger partial charge in [0.1, 0.15) is 16.9 Å². The van der Waals surface area contributed by atoms with E-state index in [1.807, 2.05) is 36.1 Å². The van der Waals surface area contributed by atoms with Gasteiger partial charge in [0.15, 0.2) is 0 Å². The molecule has 2 aliphatic rings. The van der Waals surface area contributed by atoms with Gasteiger partial charge in [0, 0.05) is 23.4 Å². The summed E-state index contributed by atoms with van der Waals surface area (Å²) in [7, 11) is 0. The van der Waals surface area contributed by atoms with Crippen LogP contribution in [0.15, 0.2) is 40.1 Å². The number of fused-ring (bicyclic) bond motifs is 3. The van der Waals surface area contributed by atoms with E-state index in [4.69, 9.17) is 9.15 Å². The minimum Gasteiger partial charge on any atom is -0.461 e. The first-order valence-corrected chi connectivity index (χ1v) is 10.0. The lowest BCUT2D eigenvalue weighted by atomic mass is 9.85.